The van der Waals surface area contributed by atoms with E-state index < -0.39 is 29.7 Å². The number of rotatable bonds is 8. The first kappa shape index (κ1) is 24.7. The van der Waals surface area contributed by atoms with Gasteiger partial charge in [-0.2, -0.15) is 21.6 Å². The number of alkyl halides is 3. The molecule has 0 radical (unpaired) electrons. The summed E-state index contributed by atoms with van der Waals surface area (Å²) in [5.41, 5.74) is -4.84. The van der Waals surface area contributed by atoms with Crippen LogP contribution in [0.5, 0.6) is 5.75 Å². The predicted octanol–water partition coefficient (Wildman–Crippen LogP) is 4.10. The van der Waals surface area contributed by atoms with Crippen molar-refractivity contribution in [1.29, 1.82) is 0 Å². The van der Waals surface area contributed by atoms with Gasteiger partial charge in [-0.05, 0) is 33.3 Å². The van der Waals surface area contributed by atoms with Gasteiger partial charge in [-0.3, -0.25) is 0 Å². The molecule has 4 rings (SSSR count). The smallest absolute Gasteiger partial charge is 0.400 e. The minimum Gasteiger partial charge on any atom is -0.400 e. The summed E-state index contributed by atoms with van der Waals surface area (Å²) in [5, 5.41) is 3.11. The van der Waals surface area contributed by atoms with E-state index in [1.165, 1.54) is 24.3 Å². The zero-order valence-corrected chi connectivity index (χ0v) is 20.2. The number of hydrogen-bond acceptors (Lipinski definition) is 4. The highest BCUT2D eigenvalue weighted by atomic mass is 32.2. The van der Waals surface area contributed by atoms with Gasteiger partial charge < -0.3 is 8.61 Å². The van der Waals surface area contributed by atoms with Gasteiger partial charge in [-0.1, -0.05) is 103 Å². The van der Waals surface area contributed by atoms with Crippen LogP contribution < -0.4 is 19.7 Å². The van der Waals surface area contributed by atoms with Crippen LogP contribution >= 0.6 is 0 Å². The van der Waals surface area contributed by atoms with E-state index in [1.54, 1.807) is 0 Å². The lowest BCUT2D eigenvalue weighted by Crippen LogP contribution is -2.69. The van der Waals surface area contributed by atoms with Crippen molar-refractivity contribution in [2.45, 2.75) is 12.1 Å². The van der Waals surface area contributed by atoms with Gasteiger partial charge in [-0.25, -0.2) is 0 Å². The molecule has 0 heterocycles. The fourth-order valence-corrected chi connectivity index (χ4v) is 8.10. The monoisotopic (exact) mass is 514 g/mol. The van der Waals surface area contributed by atoms with E-state index in [0.717, 1.165) is 15.6 Å². The van der Waals surface area contributed by atoms with Crippen molar-refractivity contribution < 1.29 is 30.2 Å². The first-order valence-electron chi connectivity index (χ1n) is 10.6. The Labute approximate surface area is 202 Å². The van der Waals surface area contributed by atoms with Crippen molar-refractivity contribution >= 4 is 34.0 Å². The van der Waals surface area contributed by atoms with E-state index >= 15 is 0 Å². The molecule has 0 aliphatic heterocycles. The third-order valence-electron chi connectivity index (χ3n) is 5.41. The summed E-state index contributed by atoms with van der Waals surface area (Å²) < 4.78 is 71.3. The maximum absolute atomic E-state index is 12.6. The lowest BCUT2D eigenvalue weighted by atomic mass is 10.2. The van der Waals surface area contributed by atoms with Crippen LogP contribution in [0.1, 0.15) is 5.56 Å². The van der Waals surface area contributed by atoms with Gasteiger partial charge in [0, 0.05) is 0 Å². The molecule has 35 heavy (non-hydrogen) atoms. The van der Waals surface area contributed by atoms with Crippen LogP contribution in [0.25, 0.3) is 0 Å². The zero-order valence-electron chi connectivity index (χ0n) is 18.4. The second-order valence-corrected chi connectivity index (χ2v) is 12.6. The largest absolute Gasteiger partial charge is 0.534 e. The Morgan fingerprint density at radius 2 is 1.03 bits per heavy atom. The molecule has 0 aliphatic rings. The first-order valence-corrected chi connectivity index (χ1v) is 13.9. The summed E-state index contributed by atoms with van der Waals surface area (Å²) >= 11 is 0. The SMILES string of the molecule is O=S(=O)(Oc1ccc(CO[Si](c2ccccc2)(c2ccccc2)c2ccccc2)cc1)C(F)(F)F. The average molecular weight is 515 g/mol. The molecule has 9 heteroatoms. The highest BCUT2D eigenvalue weighted by molar-refractivity contribution is 7.88. The number of halogens is 3. The Bertz CT molecular complexity index is 1250. The molecule has 0 spiro atoms. The predicted molar refractivity (Wildman–Crippen MR) is 131 cm³/mol. The topological polar surface area (TPSA) is 52.6 Å². The normalized spacial score (nSPS) is 12.3. The second kappa shape index (κ2) is 10.1. The average Bonchev–Trinajstić information content (AvgIpc) is 2.86. The molecule has 0 saturated carbocycles. The van der Waals surface area contributed by atoms with Crippen molar-refractivity contribution in [3.63, 3.8) is 0 Å². The van der Waals surface area contributed by atoms with Gasteiger partial charge >= 0.3 is 15.6 Å². The standard InChI is InChI=1S/C26H21F3O4SSi/c27-26(28,29)34(30,31)33-22-18-16-21(17-19-22)20-32-35(23-10-4-1-5-11-23,24-12-6-2-7-13-24)25-14-8-3-9-15-25/h1-19H,20H2. The molecular weight excluding hydrogens is 493 g/mol. The van der Waals surface area contributed by atoms with Gasteiger partial charge in [0.25, 0.3) is 8.32 Å². The summed E-state index contributed by atoms with van der Waals surface area (Å²) in [5.74, 6) is -0.427. The molecule has 4 aromatic carbocycles. The van der Waals surface area contributed by atoms with Crippen LogP contribution in [0, 0.1) is 0 Å². The fourth-order valence-electron chi connectivity index (χ4n) is 3.78. The Morgan fingerprint density at radius 3 is 1.40 bits per heavy atom. The Morgan fingerprint density at radius 1 is 0.629 bits per heavy atom. The molecular formula is C26H21F3O4SSi. The number of benzene rings is 4. The fraction of sp³-hybridized carbons (Fsp3) is 0.0769. The molecule has 4 nitrogen and oxygen atoms in total. The molecule has 0 fully saturated rings. The lowest BCUT2D eigenvalue weighted by molar-refractivity contribution is -0.0500. The van der Waals surface area contributed by atoms with E-state index in [4.69, 9.17) is 4.43 Å². The summed E-state index contributed by atoms with van der Waals surface area (Å²) in [7, 11) is -8.69. The van der Waals surface area contributed by atoms with Gasteiger partial charge in [0.2, 0.25) is 0 Å². The van der Waals surface area contributed by atoms with Crippen molar-refractivity contribution in [3.05, 3.63) is 121 Å². The number of hydrogen-bond donors (Lipinski definition) is 0. The third kappa shape index (κ3) is 5.32. The molecule has 0 unspecified atom stereocenters. The zero-order chi connectivity index (χ0) is 24.9. The van der Waals surface area contributed by atoms with Gasteiger partial charge in [0.15, 0.2) is 0 Å². The van der Waals surface area contributed by atoms with E-state index in [9.17, 15) is 21.6 Å². The summed E-state index contributed by atoms with van der Waals surface area (Å²) in [6.07, 6.45) is 0. The highest BCUT2D eigenvalue weighted by Crippen LogP contribution is 2.27. The highest BCUT2D eigenvalue weighted by Gasteiger charge is 2.48. The van der Waals surface area contributed by atoms with Crippen LogP contribution in [0.15, 0.2) is 115 Å². The van der Waals surface area contributed by atoms with E-state index in [2.05, 4.69) is 4.18 Å². The molecule has 180 valence electrons. The molecule has 0 aromatic heterocycles. The summed E-state index contributed by atoms with van der Waals surface area (Å²) in [4.78, 5) is 0. The van der Waals surface area contributed by atoms with Crippen LogP contribution in [-0.2, 0) is 21.2 Å². The third-order valence-corrected chi connectivity index (χ3v) is 10.4. The molecule has 0 atom stereocenters. The molecule has 0 bridgehead atoms. The van der Waals surface area contributed by atoms with Gasteiger partial charge in [-0.15, -0.1) is 0 Å². The van der Waals surface area contributed by atoms with Gasteiger partial charge in [0.1, 0.15) is 5.75 Å². The first-order chi connectivity index (χ1) is 16.7. The minimum atomic E-state index is -5.73. The Balaban J connectivity index is 1.69. The van der Waals surface area contributed by atoms with Crippen molar-refractivity contribution in [2.24, 2.45) is 0 Å². The lowest BCUT2D eigenvalue weighted by Gasteiger charge is -2.33. The molecule has 4 aromatic rings. The van der Waals surface area contributed by atoms with Crippen LogP contribution in [-0.4, -0.2) is 22.2 Å². The van der Waals surface area contributed by atoms with E-state index in [-0.39, 0.29) is 6.61 Å². The van der Waals surface area contributed by atoms with E-state index in [0.29, 0.717) is 5.56 Å². The van der Waals surface area contributed by atoms with Crippen molar-refractivity contribution in [1.82, 2.24) is 0 Å². The van der Waals surface area contributed by atoms with Crippen molar-refractivity contribution in [2.75, 3.05) is 0 Å². The van der Waals surface area contributed by atoms with Crippen LogP contribution in [0.4, 0.5) is 13.2 Å². The van der Waals surface area contributed by atoms with Gasteiger partial charge in [0.05, 0.1) is 6.61 Å². The van der Waals surface area contributed by atoms with E-state index in [1.807, 2.05) is 91.0 Å². The second-order valence-electron chi connectivity index (χ2n) is 7.70. The van der Waals surface area contributed by atoms with Crippen molar-refractivity contribution in [3.8, 4) is 5.75 Å². The molecule has 0 aliphatic carbocycles. The Hall–Kier alpha value is -3.40. The Kier molecular flexibility index (Phi) is 7.11. The molecule has 0 N–H and O–H groups in total. The van der Waals surface area contributed by atoms with Crippen LogP contribution in [0.3, 0.4) is 0 Å². The maximum atomic E-state index is 12.6. The molecule has 0 saturated heterocycles. The summed E-state index contributed by atoms with van der Waals surface area (Å²) in [6, 6.07) is 35.1. The molecule has 0 amide bonds. The maximum Gasteiger partial charge on any atom is 0.534 e. The minimum absolute atomic E-state index is 0.150. The van der Waals surface area contributed by atoms with Crippen LogP contribution in [0.2, 0.25) is 0 Å². The quantitative estimate of drug-likeness (QED) is 0.154. The summed E-state index contributed by atoms with van der Waals surface area (Å²) in [6.45, 7) is 0.150.